The lowest BCUT2D eigenvalue weighted by Crippen LogP contribution is -2.51. The third kappa shape index (κ3) is 5.02. The van der Waals surface area contributed by atoms with Gasteiger partial charge in [-0.05, 0) is 52.7 Å². The summed E-state index contributed by atoms with van der Waals surface area (Å²) in [6.07, 6.45) is 0. The highest BCUT2D eigenvalue weighted by Crippen LogP contribution is 2.27. The number of hydrogen-bond acceptors (Lipinski definition) is 4. The highest BCUT2D eigenvalue weighted by atomic mass is 32.2. The molecule has 8 heteroatoms. The van der Waals surface area contributed by atoms with E-state index in [9.17, 15) is 17.6 Å². The number of carbonyl (C=O) groups excluding carboxylic acids is 1. The van der Waals surface area contributed by atoms with Crippen molar-refractivity contribution in [2.24, 2.45) is 0 Å². The van der Waals surface area contributed by atoms with E-state index in [1.165, 1.54) is 28.6 Å². The van der Waals surface area contributed by atoms with E-state index in [2.05, 4.69) is 5.32 Å². The Balaban J connectivity index is 1.34. The molecule has 1 aliphatic heterocycles. The molecular weight excluding hydrogens is 477 g/mol. The van der Waals surface area contributed by atoms with E-state index in [0.717, 1.165) is 16.3 Å². The average Bonchev–Trinajstić information content (AvgIpc) is 2.91. The van der Waals surface area contributed by atoms with Crippen LogP contribution in [0.15, 0.2) is 102 Å². The number of benzene rings is 4. The van der Waals surface area contributed by atoms with Crippen molar-refractivity contribution < 1.29 is 17.6 Å². The number of sulfonamides is 1. The Labute approximate surface area is 210 Å². The fourth-order valence-corrected chi connectivity index (χ4v) is 6.04. The Morgan fingerprint density at radius 2 is 1.42 bits per heavy atom. The standard InChI is InChI=1S/C28H26FN3O3S/c29-24-11-13-25(14-12-24)30-28(33)27(22-7-2-1-3-8-22)31-16-18-32(19-17-31)36(34,35)26-15-10-21-6-4-5-9-23(21)20-26/h1-15,20,27H,16-19H2,(H,30,33)/t27-/m1/s1. The Morgan fingerprint density at radius 1 is 0.778 bits per heavy atom. The zero-order valence-electron chi connectivity index (χ0n) is 19.5. The minimum absolute atomic E-state index is 0.251. The van der Waals surface area contributed by atoms with Gasteiger partial charge in [-0.15, -0.1) is 0 Å². The van der Waals surface area contributed by atoms with Crippen LogP contribution in [0.2, 0.25) is 0 Å². The number of amides is 1. The highest BCUT2D eigenvalue weighted by Gasteiger charge is 2.34. The summed E-state index contributed by atoms with van der Waals surface area (Å²) in [6.45, 7) is 1.32. The van der Waals surface area contributed by atoms with Crippen LogP contribution < -0.4 is 5.32 Å². The fraction of sp³-hybridized carbons (Fsp3) is 0.179. The molecular formula is C28H26FN3O3S. The summed E-state index contributed by atoms with van der Waals surface area (Å²) in [5.74, 6) is -0.630. The second-order valence-electron chi connectivity index (χ2n) is 8.76. The minimum atomic E-state index is -3.67. The van der Waals surface area contributed by atoms with Crippen LogP contribution in [0.5, 0.6) is 0 Å². The van der Waals surface area contributed by atoms with Crippen LogP contribution in [0.25, 0.3) is 10.8 Å². The SMILES string of the molecule is O=C(Nc1ccc(F)cc1)[C@@H](c1ccccc1)N1CCN(S(=O)(=O)c2ccc3ccccc3c2)CC1. The maximum atomic E-state index is 13.4. The number of nitrogens with one attached hydrogen (secondary N) is 1. The van der Waals surface area contributed by atoms with E-state index in [1.807, 2.05) is 65.6 Å². The first kappa shape index (κ1) is 24.1. The summed E-state index contributed by atoms with van der Waals surface area (Å²) in [5.41, 5.74) is 1.31. The van der Waals surface area contributed by atoms with Crippen LogP contribution in [0.3, 0.4) is 0 Å². The van der Waals surface area contributed by atoms with Gasteiger partial charge in [-0.2, -0.15) is 4.31 Å². The van der Waals surface area contributed by atoms with Gasteiger partial charge in [-0.1, -0.05) is 60.7 Å². The van der Waals surface area contributed by atoms with E-state index >= 15 is 0 Å². The number of piperazine rings is 1. The molecule has 0 aliphatic carbocycles. The van der Waals surface area contributed by atoms with Gasteiger partial charge >= 0.3 is 0 Å². The molecule has 0 unspecified atom stereocenters. The van der Waals surface area contributed by atoms with Crippen molar-refractivity contribution in [1.82, 2.24) is 9.21 Å². The first-order chi connectivity index (χ1) is 17.4. The molecule has 1 atom stereocenters. The number of hydrogen-bond donors (Lipinski definition) is 1. The topological polar surface area (TPSA) is 69.7 Å². The molecule has 1 N–H and O–H groups in total. The normalized spacial score (nSPS) is 16.0. The van der Waals surface area contributed by atoms with Crippen LogP contribution in [0.1, 0.15) is 11.6 Å². The monoisotopic (exact) mass is 503 g/mol. The molecule has 0 aromatic heterocycles. The molecule has 4 aromatic carbocycles. The third-order valence-electron chi connectivity index (χ3n) is 6.47. The minimum Gasteiger partial charge on any atom is -0.324 e. The molecule has 4 aromatic rings. The van der Waals surface area contributed by atoms with Crippen LogP contribution in [0.4, 0.5) is 10.1 Å². The van der Waals surface area contributed by atoms with Gasteiger partial charge in [-0.25, -0.2) is 12.8 Å². The molecule has 36 heavy (non-hydrogen) atoms. The van der Waals surface area contributed by atoms with Crippen molar-refractivity contribution in [1.29, 1.82) is 0 Å². The fourth-order valence-electron chi connectivity index (χ4n) is 4.59. The lowest BCUT2D eigenvalue weighted by Gasteiger charge is -2.38. The second kappa shape index (κ2) is 10.2. The molecule has 0 saturated carbocycles. The molecule has 1 aliphatic rings. The zero-order chi connectivity index (χ0) is 25.1. The smallest absolute Gasteiger partial charge is 0.246 e. The third-order valence-corrected chi connectivity index (χ3v) is 8.37. The Bertz CT molecular complexity index is 1470. The molecule has 1 heterocycles. The number of halogens is 1. The van der Waals surface area contributed by atoms with Gasteiger partial charge in [-0.3, -0.25) is 9.69 Å². The van der Waals surface area contributed by atoms with E-state index in [1.54, 1.807) is 12.1 Å². The highest BCUT2D eigenvalue weighted by molar-refractivity contribution is 7.89. The molecule has 0 bridgehead atoms. The van der Waals surface area contributed by atoms with E-state index in [4.69, 9.17) is 0 Å². The summed E-state index contributed by atoms with van der Waals surface area (Å²) >= 11 is 0. The predicted octanol–water partition coefficient (Wildman–Crippen LogP) is 4.67. The lowest BCUT2D eigenvalue weighted by atomic mass is 10.0. The summed E-state index contributed by atoms with van der Waals surface area (Å²) in [7, 11) is -3.67. The molecule has 5 rings (SSSR count). The summed E-state index contributed by atoms with van der Waals surface area (Å²) < 4.78 is 41.5. The van der Waals surface area contributed by atoms with Crippen molar-refractivity contribution in [3.05, 3.63) is 108 Å². The van der Waals surface area contributed by atoms with Crippen molar-refractivity contribution in [3.8, 4) is 0 Å². The number of anilines is 1. The summed E-state index contributed by atoms with van der Waals surface area (Å²) in [5, 5.41) is 4.73. The van der Waals surface area contributed by atoms with Gasteiger partial charge < -0.3 is 5.32 Å². The van der Waals surface area contributed by atoms with E-state index in [-0.39, 0.29) is 29.7 Å². The van der Waals surface area contributed by atoms with E-state index < -0.39 is 16.1 Å². The predicted molar refractivity (Wildman–Crippen MR) is 138 cm³/mol. The van der Waals surface area contributed by atoms with Crippen LogP contribution in [-0.2, 0) is 14.8 Å². The molecule has 184 valence electrons. The van der Waals surface area contributed by atoms with Gasteiger partial charge in [0.1, 0.15) is 11.9 Å². The number of fused-ring (bicyclic) bond motifs is 1. The average molecular weight is 504 g/mol. The lowest BCUT2D eigenvalue weighted by molar-refractivity contribution is -0.122. The van der Waals surface area contributed by atoms with Crippen molar-refractivity contribution in [2.45, 2.75) is 10.9 Å². The quantitative estimate of drug-likeness (QED) is 0.415. The Hall–Kier alpha value is -3.59. The van der Waals surface area contributed by atoms with Crippen LogP contribution >= 0.6 is 0 Å². The first-order valence-corrected chi connectivity index (χ1v) is 13.2. The number of nitrogens with zero attached hydrogens (tertiary/aromatic N) is 2. The molecule has 1 saturated heterocycles. The van der Waals surface area contributed by atoms with Gasteiger partial charge in [0.05, 0.1) is 4.90 Å². The first-order valence-electron chi connectivity index (χ1n) is 11.8. The van der Waals surface area contributed by atoms with E-state index in [0.29, 0.717) is 18.8 Å². The number of carbonyl (C=O) groups is 1. The summed E-state index contributed by atoms with van der Waals surface area (Å²) in [4.78, 5) is 15.6. The largest absolute Gasteiger partial charge is 0.324 e. The second-order valence-corrected chi connectivity index (χ2v) is 10.7. The van der Waals surface area contributed by atoms with Crippen molar-refractivity contribution in [3.63, 3.8) is 0 Å². The Kier molecular flexibility index (Phi) is 6.82. The van der Waals surface area contributed by atoms with Crippen LogP contribution in [0, 0.1) is 5.82 Å². The molecule has 6 nitrogen and oxygen atoms in total. The Morgan fingerprint density at radius 3 is 2.11 bits per heavy atom. The zero-order valence-corrected chi connectivity index (χ0v) is 20.4. The maximum absolute atomic E-state index is 13.4. The number of rotatable bonds is 6. The summed E-state index contributed by atoms with van der Waals surface area (Å²) in [6, 6.07) is 27.2. The maximum Gasteiger partial charge on any atom is 0.246 e. The molecule has 0 radical (unpaired) electrons. The van der Waals surface area contributed by atoms with Crippen LogP contribution in [-0.4, -0.2) is 49.7 Å². The van der Waals surface area contributed by atoms with Gasteiger partial charge in [0, 0.05) is 31.9 Å². The van der Waals surface area contributed by atoms with Crippen molar-refractivity contribution >= 4 is 32.4 Å². The van der Waals surface area contributed by atoms with Gasteiger partial charge in [0.15, 0.2) is 0 Å². The molecule has 1 amide bonds. The molecule has 0 spiro atoms. The van der Waals surface area contributed by atoms with Gasteiger partial charge in [0.2, 0.25) is 15.9 Å². The van der Waals surface area contributed by atoms with Crippen molar-refractivity contribution in [2.75, 3.05) is 31.5 Å². The van der Waals surface area contributed by atoms with Gasteiger partial charge in [0.25, 0.3) is 0 Å². The molecule has 1 fully saturated rings.